The van der Waals surface area contributed by atoms with Gasteiger partial charge in [-0.1, -0.05) is 0 Å². The van der Waals surface area contributed by atoms with E-state index in [1.165, 1.54) is 6.20 Å². The Balaban J connectivity index is 2.21. The number of amides is 1. The van der Waals surface area contributed by atoms with Crippen LogP contribution in [0.2, 0.25) is 0 Å². The van der Waals surface area contributed by atoms with E-state index in [-0.39, 0.29) is 5.69 Å². The molecule has 3 N–H and O–H groups in total. The quantitative estimate of drug-likeness (QED) is 0.790. The van der Waals surface area contributed by atoms with E-state index < -0.39 is 5.91 Å². The normalized spacial score (nSPS) is 10.1. The van der Waals surface area contributed by atoms with Crippen LogP contribution in [0.25, 0.3) is 0 Å². The van der Waals surface area contributed by atoms with Crippen molar-refractivity contribution in [2.75, 3.05) is 5.32 Å². The van der Waals surface area contributed by atoms with Gasteiger partial charge in [0.1, 0.15) is 5.69 Å². The fraction of sp³-hybridized carbons (Fsp3) is 0.100. The van der Waals surface area contributed by atoms with Gasteiger partial charge in [-0.25, -0.2) is 0 Å². The Labute approximate surface area is 92.1 Å². The fourth-order valence-electron chi connectivity index (χ4n) is 1.27. The molecule has 0 bridgehead atoms. The molecule has 2 aromatic heterocycles. The van der Waals surface area contributed by atoms with E-state index in [4.69, 9.17) is 5.73 Å². The predicted octanol–water partition coefficient (Wildman–Crippen LogP) is 0.658. The molecular weight excluding hydrogens is 206 g/mol. The summed E-state index contributed by atoms with van der Waals surface area (Å²) in [7, 11) is 1.83. The van der Waals surface area contributed by atoms with Crippen LogP contribution >= 0.6 is 0 Å². The highest BCUT2D eigenvalue weighted by Crippen LogP contribution is 2.13. The number of primary amides is 1. The Morgan fingerprint density at radius 1 is 1.50 bits per heavy atom. The zero-order valence-electron chi connectivity index (χ0n) is 8.71. The van der Waals surface area contributed by atoms with Crippen molar-refractivity contribution in [2.45, 2.75) is 0 Å². The molecule has 0 aromatic carbocycles. The number of nitrogens with zero attached hydrogens (tertiary/aromatic N) is 3. The fourth-order valence-corrected chi connectivity index (χ4v) is 1.27. The summed E-state index contributed by atoms with van der Waals surface area (Å²) in [5.74, 6) is 0.147. The molecule has 1 amide bonds. The molecule has 0 unspecified atom stereocenters. The van der Waals surface area contributed by atoms with Crippen LogP contribution in [0, 0.1) is 0 Å². The van der Waals surface area contributed by atoms with Gasteiger partial charge in [0.15, 0.2) is 5.82 Å². The van der Waals surface area contributed by atoms with Crippen LogP contribution in [0.3, 0.4) is 0 Å². The van der Waals surface area contributed by atoms with Gasteiger partial charge in [-0.3, -0.25) is 14.5 Å². The van der Waals surface area contributed by atoms with Crippen LogP contribution < -0.4 is 11.1 Å². The zero-order valence-corrected chi connectivity index (χ0v) is 8.71. The lowest BCUT2D eigenvalue weighted by Crippen LogP contribution is -2.13. The summed E-state index contributed by atoms with van der Waals surface area (Å²) in [5, 5.41) is 7.19. The van der Waals surface area contributed by atoms with Crippen molar-refractivity contribution < 1.29 is 4.79 Å². The van der Waals surface area contributed by atoms with Crippen molar-refractivity contribution in [3.05, 3.63) is 36.3 Å². The number of hydrogen-bond donors (Lipinski definition) is 2. The molecule has 0 aliphatic carbocycles. The maximum absolute atomic E-state index is 10.9. The van der Waals surface area contributed by atoms with Crippen molar-refractivity contribution in [3.63, 3.8) is 0 Å². The molecule has 0 aliphatic heterocycles. The van der Waals surface area contributed by atoms with Crippen LogP contribution in [0.5, 0.6) is 0 Å². The van der Waals surface area contributed by atoms with E-state index in [0.29, 0.717) is 5.82 Å². The van der Waals surface area contributed by atoms with Gasteiger partial charge < -0.3 is 11.1 Å². The van der Waals surface area contributed by atoms with Crippen LogP contribution in [0.15, 0.2) is 30.6 Å². The number of nitrogens with two attached hydrogens (primary N) is 1. The molecule has 82 valence electrons. The van der Waals surface area contributed by atoms with Crippen molar-refractivity contribution >= 4 is 17.4 Å². The number of carbonyl (C=O) groups excluding carboxylic acids is 1. The molecule has 0 aliphatic rings. The summed E-state index contributed by atoms with van der Waals surface area (Å²) in [6.45, 7) is 0. The average molecular weight is 217 g/mol. The number of aromatic nitrogens is 3. The maximum atomic E-state index is 10.9. The molecule has 0 atom stereocenters. The zero-order chi connectivity index (χ0) is 11.5. The van der Waals surface area contributed by atoms with Gasteiger partial charge in [0, 0.05) is 31.2 Å². The number of hydrogen-bond acceptors (Lipinski definition) is 4. The predicted molar refractivity (Wildman–Crippen MR) is 59.2 cm³/mol. The molecule has 0 radical (unpaired) electrons. The third-order valence-corrected chi connectivity index (χ3v) is 2.00. The standard InChI is InChI=1S/C10H11N5O/c1-15-5-3-9(14-15)13-7-2-4-12-8(6-7)10(11)16/h2-6H,1H3,(H2,11,16)(H,12,13,14). The number of nitrogens with one attached hydrogen (secondary N) is 1. The monoisotopic (exact) mass is 217 g/mol. The van der Waals surface area contributed by atoms with E-state index in [1.54, 1.807) is 16.8 Å². The molecule has 16 heavy (non-hydrogen) atoms. The Morgan fingerprint density at radius 2 is 2.31 bits per heavy atom. The minimum absolute atomic E-state index is 0.223. The van der Waals surface area contributed by atoms with E-state index in [1.807, 2.05) is 19.3 Å². The van der Waals surface area contributed by atoms with Gasteiger partial charge in [-0.15, -0.1) is 0 Å². The second kappa shape index (κ2) is 4.01. The highest BCUT2D eigenvalue weighted by atomic mass is 16.1. The molecule has 6 heteroatoms. The summed E-state index contributed by atoms with van der Waals surface area (Å²) in [6, 6.07) is 5.14. The first kappa shape index (κ1) is 10.2. The first-order valence-corrected chi connectivity index (χ1v) is 4.67. The molecule has 2 rings (SSSR count). The van der Waals surface area contributed by atoms with Crippen LogP contribution in [-0.4, -0.2) is 20.7 Å². The second-order valence-electron chi connectivity index (χ2n) is 3.29. The van der Waals surface area contributed by atoms with E-state index in [2.05, 4.69) is 15.4 Å². The molecular formula is C10H11N5O. The molecule has 0 saturated carbocycles. The summed E-state index contributed by atoms with van der Waals surface area (Å²) in [6.07, 6.45) is 3.34. The Hall–Kier alpha value is -2.37. The highest BCUT2D eigenvalue weighted by Gasteiger charge is 2.03. The lowest BCUT2D eigenvalue weighted by atomic mass is 10.3. The topological polar surface area (TPSA) is 85.8 Å². The lowest BCUT2D eigenvalue weighted by molar-refractivity contribution is 0.0995. The molecule has 2 aromatic rings. The van der Waals surface area contributed by atoms with Crippen molar-refractivity contribution in [3.8, 4) is 0 Å². The maximum Gasteiger partial charge on any atom is 0.267 e. The van der Waals surface area contributed by atoms with E-state index >= 15 is 0 Å². The number of rotatable bonds is 3. The molecule has 2 heterocycles. The van der Waals surface area contributed by atoms with Gasteiger partial charge >= 0.3 is 0 Å². The summed E-state index contributed by atoms with van der Waals surface area (Å²) >= 11 is 0. The largest absolute Gasteiger partial charge is 0.364 e. The third kappa shape index (κ3) is 2.17. The van der Waals surface area contributed by atoms with Gasteiger partial charge in [0.05, 0.1) is 0 Å². The summed E-state index contributed by atoms with van der Waals surface area (Å²) in [4.78, 5) is 14.8. The smallest absolute Gasteiger partial charge is 0.267 e. The molecule has 0 spiro atoms. The first-order chi connectivity index (χ1) is 7.65. The third-order valence-electron chi connectivity index (χ3n) is 2.00. The molecule has 6 nitrogen and oxygen atoms in total. The van der Waals surface area contributed by atoms with E-state index in [9.17, 15) is 4.79 Å². The number of pyridine rings is 1. The average Bonchev–Trinajstić information content (AvgIpc) is 2.64. The number of aryl methyl sites for hydroxylation is 1. The second-order valence-corrected chi connectivity index (χ2v) is 3.29. The van der Waals surface area contributed by atoms with Crippen LogP contribution in [-0.2, 0) is 7.05 Å². The summed E-state index contributed by atoms with van der Waals surface area (Å²) in [5.41, 5.74) is 6.08. The van der Waals surface area contributed by atoms with Crippen molar-refractivity contribution in [1.82, 2.24) is 14.8 Å². The Morgan fingerprint density at radius 3 is 2.94 bits per heavy atom. The van der Waals surface area contributed by atoms with Gasteiger partial charge in [0.2, 0.25) is 0 Å². The molecule has 0 saturated heterocycles. The van der Waals surface area contributed by atoms with E-state index in [0.717, 1.165) is 5.69 Å². The van der Waals surface area contributed by atoms with Crippen LogP contribution in [0.1, 0.15) is 10.5 Å². The Bertz CT molecular complexity index is 519. The minimum Gasteiger partial charge on any atom is -0.364 e. The molecule has 0 fully saturated rings. The minimum atomic E-state index is -0.551. The van der Waals surface area contributed by atoms with Crippen molar-refractivity contribution in [2.24, 2.45) is 12.8 Å². The lowest BCUT2D eigenvalue weighted by Gasteiger charge is -2.03. The van der Waals surface area contributed by atoms with Gasteiger partial charge in [0.25, 0.3) is 5.91 Å². The van der Waals surface area contributed by atoms with Gasteiger partial charge in [-0.05, 0) is 12.1 Å². The Kier molecular flexibility index (Phi) is 2.55. The first-order valence-electron chi connectivity index (χ1n) is 4.67. The van der Waals surface area contributed by atoms with Gasteiger partial charge in [-0.2, -0.15) is 5.10 Å². The SMILES string of the molecule is Cn1ccc(Nc2ccnc(C(N)=O)c2)n1. The summed E-state index contributed by atoms with van der Waals surface area (Å²) < 4.78 is 1.68. The highest BCUT2D eigenvalue weighted by molar-refractivity contribution is 5.91. The number of carbonyl (C=O) groups is 1. The van der Waals surface area contributed by atoms with Crippen LogP contribution in [0.4, 0.5) is 11.5 Å². The van der Waals surface area contributed by atoms with Crippen molar-refractivity contribution in [1.29, 1.82) is 0 Å². The number of anilines is 2.